The van der Waals surface area contributed by atoms with E-state index < -0.39 is 0 Å². The molecule has 0 spiro atoms. The molecule has 0 unspecified atom stereocenters. The fraction of sp³-hybridized carbons (Fsp3) is 0.833. The first-order valence-corrected chi connectivity index (χ1v) is 9.10. The zero-order valence-electron chi connectivity index (χ0n) is 14.8. The molecule has 24 heavy (non-hydrogen) atoms. The molecule has 4 saturated carbocycles. The maximum Gasteiger partial charge on any atom is 0.246 e. The Morgan fingerprint density at radius 3 is 2.25 bits per heavy atom. The first-order chi connectivity index (χ1) is 11.5. The summed E-state index contributed by atoms with van der Waals surface area (Å²) in [5, 5.41) is 6.93. The van der Waals surface area contributed by atoms with E-state index in [1.165, 1.54) is 19.3 Å². The Labute approximate surface area is 143 Å². The first-order valence-electron chi connectivity index (χ1n) is 9.10. The van der Waals surface area contributed by atoms with Crippen LogP contribution in [0.1, 0.15) is 51.9 Å². The van der Waals surface area contributed by atoms with Gasteiger partial charge in [-0.3, -0.25) is 9.59 Å². The molecule has 4 fully saturated rings. The second-order valence-corrected chi connectivity index (χ2v) is 8.01. The number of ether oxygens (including phenoxy) is 1. The van der Waals surface area contributed by atoms with Gasteiger partial charge in [-0.1, -0.05) is 0 Å². The van der Waals surface area contributed by atoms with Gasteiger partial charge in [0.1, 0.15) is 0 Å². The third-order valence-electron chi connectivity index (χ3n) is 5.91. The molecule has 4 rings (SSSR count). The summed E-state index contributed by atoms with van der Waals surface area (Å²) in [6.45, 7) is 2.75. The van der Waals surface area contributed by atoms with Gasteiger partial charge in [-0.15, -0.1) is 0 Å². The molecular formula is C18H29N3O3. The van der Waals surface area contributed by atoms with E-state index in [2.05, 4.69) is 15.8 Å². The highest BCUT2D eigenvalue weighted by Crippen LogP contribution is 2.60. The summed E-state index contributed by atoms with van der Waals surface area (Å²) < 4.78 is 4.89. The fourth-order valence-electron chi connectivity index (χ4n) is 5.28. The summed E-state index contributed by atoms with van der Waals surface area (Å²) in [6, 6.07) is 0. The average Bonchev–Trinajstić information content (AvgIpc) is 2.51. The molecule has 0 aliphatic heterocycles. The molecule has 134 valence electrons. The largest absolute Gasteiger partial charge is 0.383 e. The van der Waals surface area contributed by atoms with E-state index in [0.29, 0.717) is 18.9 Å². The van der Waals surface area contributed by atoms with Crippen LogP contribution in [0, 0.1) is 23.2 Å². The number of amides is 2. The number of carbonyl (C=O) groups excluding carboxylic acids is 2. The topological polar surface area (TPSA) is 79.8 Å². The lowest BCUT2D eigenvalue weighted by atomic mass is 9.49. The summed E-state index contributed by atoms with van der Waals surface area (Å²) in [7, 11) is 1.60. The SMILES string of the molecule is COCCNC(=O)C/C(C)=N\NC(=O)C12CC3CC(CC(C3)C1)C2. The number of carbonyl (C=O) groups is 2. The minimum atomic E-state index is -0.195. The van der Waals surface area contributed by atoms with Crippen molar-refractivity contribution in [1.29, 1.82) is 0 Å². The van der Waals surface area contributed by atoms with Gasteiger partial charge < -0.3 is 10.1 Å². The van der Waals surface area contributed by atoms with Crippen molar-refractivity contribution in [1.82, 2.24) is 10.7 Å². The number of rotatable bonds is 7. The molecular weight excluding hydrogens is 306 g/mol. The number of nitrogens with one attached hydrogen (secondary N) is 2. The summed E-state index contributed by atoms with van der Waals surface area (Å²) in [5.41, 5.74) is 3.19. The van der Waals surface area contributed by atoms with Crippen LogP contribution in [0.4, 0.5) is 0 Å². The van der Waals surface area contributed by atoms with Crippen LogP contribution >= 0.6 is 0 Å². The van der Waals surface area contributed by atoms with E-state index in [0.717, 1.165) is 37.0 Å². The van der Waals surface area contributed by atoms with Gasteiger partial charge in [-0.05, 0) is 63.2 Å². The summed E-state index contributed by atoms with van der Waals surface area (Å²) in [5.74, 6) is 2.18. The lowest BCUT2D eigenvalue weighted by Gasteiger charge is -2.55. The Morgan fingerprint density at radius 2 is 1.71 bits per heavy atom. The minimum Gasteiger partial charge on any atom is -0.383 e. The number of hydrazone groups is 1. The van der Waals surface area contributed by atoms with Gasteiger partial charge in [0.2, 0.25) is 11.8 Å². The van der Waals surface area contributed by atoms with Crippen molar-refractivity contribution in [3.05, 3.63) is 0 Å². The van der Waals surface area contributed by atoms with Crippen molar-refractivity contribution in [3.63, 3.8) is 0 Å². The molecule has 0 radical (unpaired) electrons. The molecule has 6 nitrogen and oxygen atoms in total. The molecule has 6 heteroatoms. The molecule has 2 amide bonds. The van der Waals surface area contributed by atoms with Crippen molar-refractivity contribution >= 4 is 17.5 Å². The molecule has 4 bridgehead atoms. The molecule has 0 aromatic carbocycles. The van der Waals surface area contributed by atoms with Crippen LogP contribution in [0.5, 0.6) is 0 Å². The van der Waals surface area contributed by atoms with Gasteiger partial charge in [0.25, 0.3) is 0 Å². The maximum absolute atomic E-state index is 12.8. The van der Waals surface area contributed by atoms with Crippen LogP contribution < -0.4 is 10.7 Å². The van der Waals surface area contributed by atoms with E-state index in [9.17, 15) is 9.59 Å². The highest BCUT2D eigenvalue weighted by atomic mass is 16.5. The van der Waals surface area contributed by atoms with Crippen molar-refractivity contribution in [2.75, 3.05) is 20.3 Å². The lowest BCUT2D eigenvalue weighted by molar-refractivity contribution is -0.146. The van der Waals surface area contributed by atoms with Crippen LogP contribution in [0.25, 0.3) is 0 Å². The summed E-state index contributed by atoms with van der Waals surface area (Å²) in [6.07, 6.45) is 7.22. The molecule has 0 aromatic rings. The Morgan fingerprint density at radius 1 is 1.12 bits per heavy atom. The number of hydrogen-bond acceptors (Lipinski definition) is 4. The number of methoxy groups -OCH3 is 1. The van der Waals surface area contributed by atoms with Gasteiger partial charge in [0.05, 0.1) is 18.4 Å². The number of nitrogens with zero attached hydrogens (tertiary/aromatic N) is 1. The van der Waals surface area contributed by atoms with Crippen LogP contribution in [-0.2, 0) is 14.3 Å². The maximum atomic E-state index is 12.8. The van der Waals surface area contributed by atoms with Crippen LogP contribution in [-0.4, -0.2) is 37.8 Å². The Hall–Kier alpha value is -1.43. The van der Waals surface area contributed by atoms with Gasteiger partial charge >= 0.3 is 0 Å². The average molecular weight is 335 g/mol. The molecule has 4 aliphatic carbocycles. The van der Waals surface area contributed by atoms with Crippen molar-refractivity contribution < 1.29 is 14.3 Å². The number of hydrogen-bond donors (Lipinski definition) is 2. The zero-order valence-corrected chi connectivity index (χ0v) is 14.8. The molecule has 0 aromatic heterocycles. The van der Waals surface area contributed by atoms with Crippen molar-refractivity contribution in [3.8, 4) is 0 Å². The minimum absolute atomic E-state index is 0.0701. The van der Waals surface area contributed by atoms with Gasteiger partial charge in [-0.2, -0.15) is 5.10 Å². The van der Waals surface area contributed by atoms with Crippen LogP contribution in [0.15, 0.2) is 5.10 Å². The van der Waals surface area contributed by atoms with Crippen molar-refractivity contribution in [2.24, 2.45) is 28.3 Å². The second kappa shape index (κ2) is 7.21. The zero-order chi connectivity index (χ0) is 17.2. The molecule has 0 heterocycles. The predicted molar refractivity (Wildman–Crippen MR) is 91.4 cm³/mol. The molecule has 0 atom stereocenters. The molecule has 2 N–H and O–H groups in total. The third kappa shape index (κ3) is 3.79. The third-order valence-corrected chi connectivity index (χ3v) is 5.91. The van der Waals surface area contributed by atoms with E-state index >= 15 is 0 Å². The smallest absolute Gasteiger partial charge is 0.246 e. The monoisotopic (exact) mass is 335 g/mol. The molecule has 0 saturated heterocycles. The fourth-order valence-corrected chi connectivity index (χ4v) is 5.28. The second-order valence-electron chi connectivity index (χ2n) is 8.01. The van der Waals surface area contributed by atoms with E-state index in [4.69, 9.17) is 4.74 Å². The quantitative estimate of drug-likeness (QED) is 0.423. The Kier molecular flexibility index (Phi) is 5.23. The van der Waals surface area contributed by atoms with Gasteiger partial charge in [-0.25, -0.2) is 5.43 Å². The standard InChI is InChI=1S/C18H29N3O3/c1-12(5-16(22)19-3-4-24-2)20-21-17(23)18-9-13-6-14(10-18)8-15(7-13)11-18/h13-15H,3-11H2,1-2H3,(H,19,22)(H,21,23)/b20-12-. The first kappa shape index (κ1) is 17.4. The van der Waals surface area contributed by atoms with E-state index in [1.54, 1.807) is 14.0 Å². The lowest BCUT2D eigenvalue weighted by Crippen LogP contribution is -2.52. The Bertz CT molecular complexity index is 494. The van der Waals surface area contributed by atoms with E-state index in [-0.39, 0.29) is 23.7 Å². The van der Waals surface area contributed by atoms with Gasteiger partial charge in [0.15, 0.2) is 0 Å². The van der Waals surface area contributed by atoms with Crippen LogP contribution in [0.2, 0.25) is 0 Å². The van der Waals surface area contributed by atoms with Crippen LogP contribution in [0.3, 0.4) is 0 Å². The highest BCUT2D eigenvalue weighted by Gasteiger charge is 2.54. The van der Waals surface area contributed by atoms with Crippen molar-refractivity contribution in [2.45, 2.75) is 51.9 Å². The summed E-state index contributed by atoms with van der Waals surface area (Å²) in [4.78, 5) is 24.5. The summed E-state index contributed by atoms with van der Waals surface area (Å²) >= 11 is 0. The normalized spacial score (nSPS) is 34.2. The highest BCUT2D eigenvalue weighted by molar-refractivity contribution is 6.00. The Balaban J connectivity index is 1.50. The predicted octanol–water partition coefficient (Wildman–Crippen LogP) is 1.85. The van der Waals surface area contributed by atoms with Gasteiger partial charge in [0, 0.05) is 19.4 Å². The molecule has 4 aliphatic rings. The van der Waals surface area contributed by atoms with E-state index in [1.807, 2.05) is 0 Å².